The third kappa shape index (κ3) is 5.47. The summed E-state index contributed by atoms with van der Waals surface area (Å²) >= 11 is 0. The number of nitrogens with two attached hydrogens (primary N) is 2. The van der Waals surface area contributed by atoms with Crippen molar-refractivity contribution in [3.05, 3.63) is 108 Å². The van der Waals surface area contributed by atoms with Crippen molar-refractivity contribution in [3.8, 4) is 0 Å². The largest absolute Gasteiger partial charge is 0.369 e. The first-order valence-corrected chi connectivity index (χ1v) is 12.4. The fourth-order valence-electron chi connectivity index (χ4n) is 4.57. The number of nitrogens with zero attached hydrogens (tertiary/aromatic N) is 2. The number of carbonyl (C=O) groups excluding carboxylic acids is 2. The van der Waals surface area contributed by atoms with Gasteiger partial charge >= 0.3 is 0 Å². The van der Waals surface area contributed by atoms with E-state index in [0.717, 1.165) is 36.0 Å². The summed E-state index contributed by atoms with van der Waals surface area (Å²) in [5.74, 6) is -0.0639. The van der Waals surface area contributed by atoms with Gasteiger partial charge in [-0.3, -0.25) is 14.5 Å². The second-order valence-corrected chi connectivity index (χ2v) is 9.02. The Bertz CT molecular complexity index is 1140. The van der Waals surface area contributed by atoms with Crippen molar-refractivity contribution in [3.63, 3.8) is 0 Å². The Balaban J connectivity index is 1.29. The molecule has 4 rings (SSSR count). The van der Waals surface area contributed by atoms with Crippen molar-refractivity contribution in [2.75, 3.05) is 13.1 Å². The van der Waals surface area contributed by atoms with E-state index in [1.54, 1.807) is 4.90 Å². The average Bonchev–Trinajstić information content (AvgIpc) is 3.17. The van der Waals surface area contributed by atoms with Crippen LogP contribution in [0.1, 0.15) is 36.0 Å². The molecule has 0 saturated carbocycles. The van der Waals surface area contributed by atoms with Gasteiger partial charge in [-0.05, 0) is 42.4 Å². The molecule has 0 spiro atoms. The van der Waals surface area contributed by atoms with Gasteiger partial charge in [0.15, 0.2) is 11.5 Å². The van der Waals surface area contributed by atoms with Crippen LogP contribution in [-0.2, 0) is 21.5 Å². The number of rotatable bonds is 11. The van der Waals surface area contributed by atoms with E-state index in [4.69, 9.17) is 16.5 Å². The molecule has 3 aromatic carbocycles. The first-order valence-electron chi connectivity index (χ1n) is 12.4. The Morgan fingerprint density at radius 3 is 2.00 bits per heavy atom. The van der Waals surface area contributed by atoms with E-state index < -0.39 is 11.6 Å². The van der Waals surface area contributed by atoms with E-state index in [-0.39, 0.29) is 17.8 Å². The smallest absolute Gasteiger partial charge is 0.266 e. The van der Waals surface area contributed by atoms with E-state index in [0.29, 0.717) is 19.5 Å². The highest BCUT2D eigenvalue weighted by molar-refractivity contribution is 6.09. The fourth-order valence-corrected chi connectivity index (χ4v) is 4.57. The molecule has 7 heteroatoms. The molecule has 36 heavy (non-hydrogen) atoms. The van der Waals surface area contributed by atoms with Gasteiger partial charge in [0.05, 0.1) is 6.04 Å². The van der Waals surface area contributed by atoms with Crippen molar-refractivity contribution in [2.45, 2.75) is 37.3 Å². The van der Waals surface area contributed by atoms with Crippen molar-refractivity contribution < 1.29 is 9.59 Å². The van der Waals surface area contributed by atoms with Gasteiger partial charge < -0.3 is 16.8 Å². The lowest BCUT2D eigenvalue weighted by molar-refractivity contribution is -0.130. The summed E-state index contributed by atoms with van der Waals surface area (Å²) in [5, 5.41) is 2.91. The molecule has 1 heterocycles. The molecular weight excluding hydrogens is 450 g/mol. The molecule has 0 aromatic heterocycles. The van der Waals surface area contributed by atoms with Gasteiger partial charge in [-0.25, -0.2) is 4.99 Å². The van der Waals surface area contributed by atoms with Crippen LogP contribution in [0.25, 0.3) is 0 Å². The highest BCUT2D eigenvalue weighted by Crippen LogP contribution is 2.39. The molecule has 1 aliphatic heterocycles. The molecule has 0 fully saturated rings. The summed E-state index contributed by atoms with van der Waals surface area (Å²) in [6, 6.07) is 28.3. The van der Waals surface area contributed by atoms with Crippen molar-refractivity contribution >= 4 is 17.8 Å². The van der Waals surface area contributed by atoms with Gasteiger partial charge in [-0.1, -0.05) is 91.0 Å². The average molecular weight is 484 g/mol. The number of carbonyl (C=O) groups is 2. The zero-order chi connectivity index (χ0) is 25.4. The van der Waals surface area contributed by atoms with E-state index >= 15 is 0 Å². The highest BCUT2D eigenvalue weighted by Gasteiger charge is 2.50. The Kier molecular flexibility index (Phi) is 8.13. The molecule has 3 aromatic rings. The topological polar surface area (TPSA) is 114 Å². The fraction of sp³-hybridized carbons (Fsp3) is 0.276. The molecule has 0 aliphatic carbocycles. The first-order chi connectivity index (χ1) is 17.5. The lowest BCUT2D eigenvalue weighted by atomic mass is 9.83. The third-order valence-electron chi connectivity index (χ3n) is 6.49. The summed E-state index contributed by atoms with van der Waals surface area (Å²) in [5.41, 5.74) is 13.8. The van der Waals surface area contributed by atoms with Gasteiger partial charge in [0.2, 0.25) is 5.91 Å². The maximum absolute atomic E-state index is 13.7. The van der Waals surface area contributed by atoms with Crippen LogP contribution in [0.3, 0.4) is 0 Å². The van der Waals surface area contributed by atoms with Crippen LogP contribution in [0, 0.1) is 0 Å². The number of guanidine groups is 1. The maximum atomic E-state index is 13.7. The Morgan fingerprint density at radius 2 is 1.42 bits per heavy atom. The molecule has 1 unspecified atom stereocenters. The molecule has 0 saturated heterocycles. The van der Waals surface area contributed by atoms with Crippen LogP contribution in [0.5, 0.6) is 0 Å². The molecule has 1 aliphatic rings. The number of hydrogen-bond donors (Lipinski definition) is 3. The highest BCUT2D eigenvalue weighted by atomic mass is 16.2. The van der Waals surface area contributed by atoms with Crippen molar-refractivity contribution in [1.82, 2.24) is 10.2 Å². The molecule has 1 atom stereocenters. The molecular formula is C29H33N5O2. The van der Waals surface area contributed by atoms with Crippen LogP contribution in [0.2, 0.25) is 0 Å². The summed E-state index contributed by atoms with van der Waals surface area (Å²) in [6.07, 6.45) is 2.86. The molecule has 7 nitrogen and oxygen atoms in total. The van der Waals surface area contributed by atoms with Gasteiger partial charge in [0.25, 0.3) is 5.91 Å². The van der Waals surface area contributed by atoms with E-state index in [9.17, 15) is 9.59 Å². The monoisotopic (exact) mass is 483 g/mol. The normalized spacial score (nSPS) is 15.4. The van der Waals surface area contributed by atoms with Crippen LogP contribution in [-0.4, -0.2) is 41.8 Å². The summed E-state index contributed by atoms with van der Waals surface area (Å²) in [6.45, 7) is 1.01. The number of aliphatic imine (C=N–C) groups is 1. The zero-order valence-corrected chi connectivity index (χ0v) is 20.3. The van der Waals surface area contributed by atoms with E-state index in [1.807, 2.05) is 91.0 Å². The minimum atomic E-state index is -1.17. The number of amides is 2. The first kappa shape index (κ1) is 25.1. The lowest BCUT2D eigenvalue weighted by Gasteiger charge is -2.27. The maximum Gasteiger partial charge on any atom is 0.266 e. The second-order valence-electron chi connectivity index (χ2n) is 9.02. The van der Waals surface area contributed by atoms with Crippen LogP contribution < -0.4 is 16.8 Å². The van der Waals surface area contributed by atoms with Crippen LogP contribution >= 0.6 is 0 Å². The van der Waals surface area contributed by atoms with Crippen LogP contribution in [0.15, 0.2) is 96.0 Å². The van der Waals surface area contributed by atoms with Gasteiger partial charge in [0.1, 0.15) is 0 Å². The standard InChI is InChI=1S/C29H33N5O2/c30-25(21-22-13-5-1-6-14-22)26(35)32-19-11-4-12-20-34-27(36)29(33-28(34)31,23-15-7-2-8-16-23)24-17-9-3-10-18-24/h1-3,5-10,13-18,25H,4,11-12,19-21,30H2,(H2,31,33)(H,32,35). The minimum Gasteiger partial charge on any atom is -0.369 e. The predicted octanol–water partition coefficient (Wildman–Crippen LogP) is 2.94. The Morgan fingerprint density at radius 1 is 0.861 bits per heavy atom. The zero-order valence-electron chi connectivity index (χ0n) is 20.3. The molecule has 0 bridgehead atoms. The Labute approximate surface area is 212 Å². The third-order valence-corrected chi connectivity index (χ3v) is 6.49. The molecule has 186 valence electrons. The summed E-state index contributed by atoms with van der Waals surface area (Å²) in [7, 11) is 0. The molecule has 5 N–H and O–H groups in total. The molecule has 0 radical (unpaired) electrons. The van der Waals surface area contributed by atoms with E-state index in [2.05, 4.69) is 5.32 Å². The van der Waals surface area contributed by atoms with Crippen molar-refractivity contribution in [1.29, 1.82) is 0 Å². The quantitative estimate of drug-likeness (QED) is 0.364. The van der Waals surface area contributed by atoms with Gasteiger partial charge in [-0.2, -0.15) is 0 Å². The van der Waals surface area contributed by atoms with Gasteiger partial charge in [0, 0.05) is 13.1 Å². The summed E-state index contributed by atoms with van der Waals surface area (Å²) < 4.78 is 0. The van der Waals surface area contributed by atoms with Crippen LogP contribution in [0.4, 0.5) is 0 Å². The number of benzene rings is 3. The van der Waals surface area contributed by atoms with Crippen molar-refractivity contribution in [2.24, 2.45) is 16.5 Å². The number of unbranched alkanes of at least 4 members (excludes halogenated alkanes) is 2. The predicted molar refractivity (Wildman–Crippen MR) is 142 cm³/mol. The molecule has 2 amide bonds. The van der Waals surface area contributed by atoms with E-state index in [1.165, 1.54) is 0 Å². The SMILES string of the molecule is NC1=NC(c2ccccc2)(c2ccccc2)C(=O)N1CCCCCNC(=O)C(N)Cc1ccccc1. The lowest BCUT2D eigenvalue weighted by Crippen LogP contribution is -2.44. The minimum absolute atomic E-state index is 0.141. The number of nitrogens with one attached hydrogen (secondary N) is 1. The summed E-state index contributed by atoms with van der Waals surface area (Å²) in [4.78, 5) is 32.3. The Hall–Kier alpha value is -3.97. The number of hydrogen-bond acceptors (Lipinski definition) is 5. The van der Waals surface area contributed by atoms with Gasteiger partial charge in [-0.15, -0.1) is 0 Å². The second kappa shape index (κ2) is 11.6.